The zero-order chi connectivity index (χ0) is 22.4. The molecule has 7 nitrogen and oxygen atoms in total. The van der Waals surface area contributed by atoms with Crippen molar-refractivity contribution in [3.05, 3.63) is 64.1 Å². The van der Waals surface area contributed by atoms with Gasteiger partial charge in [-0.05, 0) is 49.6 Å². The molecule has 1 aliphatic rings. The fourth-order valence-corrected chi connectivity index (χ4v) is 5.80. The smallest absolute Gasteiger partial charge is 0.251 e. The summed E-state index contributed by atoms with van der Waals surface area (Å²) in [5.74, 6) is -0.549. The first-order valence-electron chi connectivity index (χ1n) is 9.88. The Morgan fingerprint density at radius 2 is 1.74 bits per heavy atom. The lowest BCUT2D eigenvalue weighted by atomic mass is 10.2. The van der Waals surface area contributed by atoms with Crippen molar-refractivity contribution >= 4 is 45.0 Å². The lowest BCUT2D eigenvalue weighted by Gasteiger charge is -2.24. The molecule has 31 heavy (non-hydrogen) atoms. The van der Waals surface area contributed by atoms with Gasteiger partial charge in [0.2, 0.25) is 15.9 Å². The number of hydrogen-bond acceptors (Lipinski definition) is 4. The molecular weight excluding hydrogens is 461 g/mol. The molecule has 166 valence electrons. The third-order valence-corrected chi connectivity index (χ3v) is 7.59. The number of nitrogens with zero attached hydrogens (tertiary/aromatic N) is 1. The third kappa shape index (κ3) is 5.77. The average Bonchev–Trinajstić information content (AvgIpc) is 3.26. The van der Waals surface area contributed by atoms with E-state index >= 15 is 0 Å². The molecule has 1 saturated heterocycles. The standard InChI is InChI=1S/C21H23Cl2N3O4S/c22-16-9-10-17(23)19(14-16)31(29,30)26-13-4-8-18(26)21(28)25-12-5-11-24-20(27)15-6-2-1-3-7-15/h1-3,6-7,9-10,14,18H,4-5,8,11-13H2,(H,24,27)(H,25,28)/t18-/m0/s1. The molecule has 2 amide bonds. The molecule has 0 bridgehead atoms. The highest BCUT2D eigenvalue weighted by Gasteiger charge is 2.40. The highest BCUT2D eigenvalue weighted by molar-refractivity contribution is 7.89. The Hall–Kier alpha value is -2.13. The van der Waals surface area contributed by atoms with Crippen molar-refractivity contribution in [2.24, 2.45) is 0 Å². The molecule has 0 aromatic heterocycles. The van der Waals surface area contributed by atoms with Crippen molar-refractivity contribution in [1.29, 1.82) is 0 Å². The summed E-state index contributed by atoms with van der Waals surface area (Å²) >= 11 is 12.0. The predicted octanol–water partition coefficient (Wildman–Crippen LogP) is 3.08. The highest BCUT2D eigenvalue weighted by atomic mass is 35.5. The van der Waals surface area contributed by atoms with E-state index in [0.717, 1.165) is 0 Å². The van der Waals surface area contributed by atoms with Gasteiger partial charge in [-0.2, -0.15) is 4.31 Å². The molecule has 2 aromatic carbocycles. The van der Waals surface area contributed by atoms with Crippen molar-refractivity contribution in [3.8, 4) is 0 Å². The van der Waals surface area contributed by atoms with Crippen LogP contribution in [-0.2, 0) is 14.8 Å². The average molecular weight is 484 g/mol. The number of carbonyl (C=O) groups excluding carboxylic acids is 2. The van der Waals surface area contributed by atoms with Crippen LogP contribution >= 0.6 is 23.2 Å². The van der Waals surface area contributed by atoms with Gasteiger partial charge in [0, 0.05) is 30.2 Å². The molecule has 10 heteroatoms. The minimum Gasteiger partial charge on any atom is -0.355 e. The Balaban J connectivity index is 1.53. The summed E-state index contributed by atoms with van der Waals surface area (Å²) in [4.78, 5) is 24.5. The summed E-state index contributed by atoms with van der Waals surface area (Å²) < 4.78 is 27.3. The van der Waals surface area contributed by atoms with E-state index in [4.69, 9.17) is 23.2 Å². The molecule has 0 aliphatic carbocycles. The van der Waals surface area contributed by atoms with E-state index in [1.165, 1.54) is 22.5 Å². The number of hydrogen-bond donors (Lipinski definition) is 2. The maximum atomic E-state index is 13.1. The maximum absolute atomic E-state index is 13.1. The summed E-state index contributed by atoms with van der Waals surface area (Å²) in [7, 11) is -3.96. The van der Waals surface area contributed by atoms with Gasteiger partial charge in [-0.1, -0.05) is 41.4 Å². The van der Waals surface area contributed by atoms with Crippen molar-refractivity contribution in [2.45, 2.75) is 30.2 Å². The number of nitrogens with one attached hydrogen (secondary N) is 2. The predicted molar refractivity (Wildman–Crippen MR) is 120 cm³/mol. The number of halogens is 2. The molecule has 0 unspecified atom stereocenters. The SMILES string of the molecule is O=C(NCCCNC(=O)[C@@H]1CCCN1S(=O)(=O)c1cc(Cl)ccc1Cl)c1ccccc1. The second-order valence-corrected chi connectivity index (χ2v) is 9.82. The number of amides is 2. The Kier molecular flexibility index (Phi) is 7.94. The van der Waals surface area contributed by atoms with Crippen LogP contribution in [0.3, 0.4) is 0 Å². The van der Waals surface area contributed by atoms with Gasteiger partial charge in [-0.15, -0.1) is 0 Å². The van der Waals surface area contributed by atoms with Gasteiger partial charge in [-0.25, -0.2) is 8.42 Å². The Bertz CT molecular complexity index is 1050. The van der Waals surface area contributed by atoms with Crippen LogP contribution in [0.2, 0.25) is 10.0 Å². The van der Waals surface area contributed by atoms with Crippen molar-refractivity contribution in [3.63, 3.8) is 0 Å². The zero-order valence-electron chi connectivity index (χ0n) is 16.7. The Labute approximate surface area is 191 Å². The summed E-state index contributed by atoms with van der Waals surface area (Å²) in [5, 5.41) is 5.86. The number of rotatable bonds is 8. The van der Waals surface area contributed by atoms with Gasteiger partial charge in [0.05, 0.1) is 5.02 Å². The minimum absolute atomic E-state index is 0.0598. The van der Waals surface area contributed by atoms with Crippen LogP contribution in [0, 0.1) is 0 Å². The molecule has 0 radical (unpaired) electrons. The molecule has 3 rings (SSSR count). The first-order valence-corrected chi connectivity index (χ1v) is 12.1. The van der Waals surface area contributed by atoms with E-state index in [2.05, 4.69) is 10.6 Å². The van der Waals surface area contributed by atoms with Crippen LogP contribution in [0.25, 0.3) is 0 Å². The van der Waals surface area contributed by atoms with Crippen molar-refractivity contribution < 1.29 is 18.0 Å². The van der Waals surface area contributed by atoms with E-state index in [1.807, 2.05) is 6.07 Å². The quantitative estimate of drug-likeness (QED) is 0.563. The fourth-order valence-electron chi connectivity index (χ4n) is 3.40. The van der Waals surface area contributed by atoms with Crippen molar-refractivity contribution in [1.82, 2.24) is 14.9 Å². The summed E-state index contributed by atoms with van der Waals surface area (Å²) in [6.07, 6.45) is 1.51. The van der Waals surface area contributed by atoms with Crippen LogP contribution < -0.4 is 10.6 Å². The van der Waals surface area contributed by atoms with E-state index in [0.29, 0.717) is 37.9 Å². The van der Waals surface area contributed by atoms with Gasteiger partial charge in [0.15, 0.2) is 0 Å². The van der Waals surface area contributed by atoms with Crippen molar-refractivity contribution in [2.75, 3.05) is 19.6 Å². The van der Waals surface area contributed by atoms with Gasteiger partial charge in [0.25, 0.3) is 5.91 Å². The zero-order valence-corrected chi connectivity index (χ0v) is 19.0. The van der Waals surface area contributed by atoms with Crippen LogP contribution in [0.5, 0.6) is 0 Å². The van der Waals surface area contributed by atoms with Crippen LogP contribution in [0.4, 0.5) is 0 Å². The molecule has 2 N–H and O–H groups in total. The topological polar surface area (TPSA) is 95.6 Å². The first-order chi connectivity index (χ1) is 14.8. The second kappa shape index (κ2) is 10.5. The molecule has 0 spiro atoms. The summed E-state index contributed by atoms with van der Waals surface area (Å²) in [5.41, 5.74) is 0.568. The Morgan fingerprint density at radius 3 is 2.48 bits per heavy atom. The molecule has 1 aliphatic heterocycles. The molecule has 1 heterocycles. The fraction of sp³-hybridized carbons (Fsp3) is 0.333. The van der Waals surface area contributed by atoms with Crippen LogP contribution in [-0.4, -0.2) is 50.2 Å². The maximum Gasteiger partial charge on any atom is 0.251 e. The summed E-state index contributed by atoms with van der Waals surface area (Å²) in [6, 6.07) is 12.3. The normalized spacial score (nSPS) is 16.8. The number of carbonyl (C=O) groups is 2. The first kappa shape index (κ1) is 23.5. The largest absolute Gasteiger partial charge is 0.355 e. The molecule has 0 saturated carbocycles. The highest BCUT2D eigenvalue weighted by Crippen LogP contribution is 2.32. The van der Waals surface area contributed by atoms with Gasteiger partial charge >= 0.3 is 0 Å². The lowest BCUT2D eigenvalue weighted by molar-refractivity contribution is -0.124. The van der Waals surface area contributed by atoms with E-state index in [-0.39, 0.29) is 33.3 Å². The number of benzene rings is 2. The van der Waals surface area contributed by atoms with Crippen LogP contribution in [0.1, 0.15) is 29.6 Å². The van der Waals surface area contributed by atoms with Gasteiger partial charge in [0.1, 0.15) is 10.9 Å². The van der Waals surface area contributed by atoms with E-state index < -0.39 is 16.1 Å². The lowest BCUT2D eigenvalue weighted by Crippen LogP contribution is -2.46. The van der Waals surface area contributed by atoms with Crippen LogP contribution in [0.15, 0.2) is 53.4 Å². The van der Waals surface area contributed by atoms with Gasteiger partial charge in [-0.3, -0.25) is 9.59 Å². The third-order valence-electron chi connectivity index (χ3n) is 4.96. The van der Waals surface area contributed by atoms with Gasteiger partial charge < -0.3 is 10.6 Å². The number of sulfonamides is 1. The monoisotopic (exact) mass is 483 g/mol. The second-order valence-electron chi connectivity index (χ2n) is 7.12. The van der Waals surface area contributed by atoms with E-state index in [9.17, 15) is 18.0 Å². The van der Waals surface area contributed by atoms with E-state index in [1.54, 1.807) is 24.3 Å². The molecule has 1 fully saturated rings. The molecule has 2 aromatic rings. The minimum atomic E-state index is -3.96. The summed E-state index contributed by atoms with van der Waals surface area (Å²) in [6.45, 7) is 0.936. The Morgan fingerprint density at radius 1 is 1.03 bits per heavy atom. The molecular formula is C21H23Cl2N3O4S. The molecule has 1 atom stereocenters.